The van der Waals surface area contributed by atoms with Gasteiger partial charge in [-0.2, -0.15) is 0 Å². The highest BCUT2D eigenvalue weighted by Gasteiger charge is 2.08. The molecule has 1 N–H and O–H groups in total. The first-order valence-corrected chi connectivity index (χ1v) is 5.77. The van der Waals surface area contributed by atoms with E-state index in [0.29, 0.717) is 5.52 Å². The van der Waals surface area contributed by atoms with E-state index in [4.69, 9.17) is 0 Å². The van der Waals surface area contributed by atoms with Gasteiger partial charge in [-0.1, -0.05) is 18.2 Å². The lowest BCUT2D eigenvalue weighted by atomic mass is 10.1. The van der Waals surface area contributed by atoms with E-state index in [9.17, 15) is 4.39 Å². The lowest BCUT2D eigenvalue weighted by Gasteiger charge is -1.98. The third-order valence-electron chi connectivity index (χ3n) is 3.31. The number of benzene rings is 2. The van der Waals surface area contributed by atoms with Crippen LogP contribution in [0.15, 0.2) is 48.7 Å². The largest absolute Gasteiger partial charge is 0.354 e. The SMILES string of the molecule is Fc1ccc2c(c1)ncc1c3ccccc3[nH]c21. The molecule has 4 rings (SSSR count). The highest BCUT2D eigenvalue weighted by Crippen LogP contribution is 2.29. The molecule has 86 valence electrons. The van der Waals surface area contributed by atoms with Crippen LogP contribution in [-0.4, -0.2) is 9.97 Å². The highest BCUT2D eigenvalue weighted by molar-refractivity contribution is 6.15. The molecular weight excluding hydrogens is 227 g/mol. The molecule has 0 fully saturated rings. The van der Waals surface area contributed by atoms with E-state index in [2.05, 4.69) is 16.0 Å². The minimum absolute atomic E-state index is 0.259. The summed E-state index contributed by atoms with van der Waals surface area (Å²) < 4.78 is 13.2. The Kier molecular flexibility index (Phi) is 1.75. The van der Waals surface area contributed by atoms with Gasteiger partial charge in [-0.3, -0.25) is 4.98 Å². The van der Waals surface area contributed by atoms with Crippen molar-refractivity contribution in [1.82, 2.24) is 9.97 Å². The number of para-hydroxylation sites is 1. The molecule has 3 heteroatoms. The highest BCUT2D eigenvalue weighted by atomic mass is 19.1. The number of nitrogens with zero attached hydrogens (tertiary/aromatic N) is 1. The van der Waals surface area contributed by atoms with Crippen LogP contribution >= 0.6 is 0 Å². The molecule has 0 aliphatic heterocycles. The average Bonchev–Trinajstić information content (AvgIpc) is 2.77. The predicted molar refractivity (Wildman–Crippen MR) is 71.1 cm³/mol. The van der Waals surface area contributed by atoms with Crippen molar-refractivity contribution in [2.75, 3.05) is 0 Å². The van der Waals surface area contributed by atoms with Crippen LogP contribution in [0.5, 0.6) is 0 Å². The maximum Gasteiger partial charge on any atom is 0.125 e. The molecule has 2 heterocycles. The van der Waals surface area contributed by atoms with Crippen LogP contribution in [0.1, 0.15) is 0 Å². The monoisotopic (exact) mass is 236 g/mol. The molecule has 0 saturated carbocycles. The van der Waals surface area contributed by atoms with Crippen molar-refractivity contribution in [3.63, 3.8) is 0 Å². The Morgan fingerprint density at radius 2 is 1.83 bits per heavy atom. The van der Waals surface area contributed by atoms with Crippen molar-refractivity contribution in [2.45, 2.75) is 0 Å². The molecule has 4 aromatic rings. The van der Waals surface area contributed by atoms with Gasteiger partial charge in [0.1, 0.15) is 5.82 Å². The molecule has 0 aliphatic rings. The van der Waals surface area contributed by atoms with Gasteiger partial charge in [0.05, 0.1) is 11.0 Å². The van der Waals surface area contributed by atoms with Gasteiger partial charge in [0, 0.05) is 33.9 Å². The summed E-state index contributed by atoms with van der Waals surface area (Å²) in [5.74, 6) is -0.259. The maximum atomic E-state index is 13.2. The Balaban J connectivity index is 2.28. The van der Waals surface area contributed by atoms with Gasteiger partial charge in [0.15, 0.2) is 0 Å². The zero-order valence-electron chi connectivity index (χ0n) is 9.44. The number of nitrogens with one attached hydrogen (secondary N) is 1. The average molecular weight is 236 g/mol. The van der Waals surface area contributed by atoms with E-state index >= 15 is 0 Å². The van der Waals surface area contributed by atoms with Gasteiger partial charge < -0.3 is 4.98 Å². The summed E-state index contributed by atoms with van der Waals surface area (Å²) in [7, 11) is 0. The number of hydrogen-bond donors (Lipinski definition) is 1. The van der Waals surface area contributed by atoms with Crippen molar-refractivity contribution in [3.8, 4) is 0 Å². The lowest BCUT2D eigenvalue weighted by Crippen LogP contribution is -1.82. The number of pyridine rings is 1. The molecule has 2 nitrogen and oxygen atoms in total. The molecular formula is C15H9FN2. The van der Waals surface area contributed by atoms with Gasteiger partial charge in [0.2, 0.25) is 0 Å². The third-order valence-corrected chi connectivity index (χ3v) is 3.31. The number of rotatable bonds is 0. The first-order chi connectivity index (χ1) is 8.83. The molecule has 18 heavy (non-hydrogen) atoms. The molecule has 0 aliphatic carbocycles. The lowest BCUT2D eigenvalue weighted by molar-refractivity contribution is 0.629. The first-order valence-electron chi connectivity index (χ1n) is 5.77. The summed E-state index contributed by atoms with van der Waals surface area (Å²) in [6, 6.07) is 12.8. The first kappa shape index (κ1) is 9.59. The summed E-state index contributed by atoms with van der Waals surface area (Å²) in [4.78, 5) is 7.71. The third kappa shape index (κ3) is 1.19. The summed E-state index contributed by atoms with van der Waals surface area (Å²) in [5, 5.41) is 3.17. The summed E-state index contributed by atoms with van der Waals surface area (Å²) in [6.45, 7) is 0. The van der Waals surface area contributed by atoms with Crippen molar-refractivity contribution < 1.29 is 4.39 Å². The minimum atomic E-state index is -0.259. The second kappa shape index (κ2) is 3.29. The van der Waals surface area contributed by atoms with Gasteiger partial charge in [-0.15, -0.1) is 0 Å². The molecule has 2 aromatic carbocycles. The Labute approximate surface area is 102 Å². The van der Waals surface area contributed by atoms with E-state index < -0.39 is 0 Å². The van der Waals surface area contributed by atoms with Crippen LogP contribution < -0.4 is 0 Å². The Morgan fingerprint density at radius 1 is 0.944 bits per heavy atom. The summed E-state index contributed by atoms with van der Waals surface area (Å²) in [6.07, 6.45) is 1.80. The van der Waals surface area contributed by atoms with Crippen LogP contribution in [0, 0.1) is 5.82 Å². The van der Waals surface area contributed by atoms with E-state index in [1.165, 1.54) is 12.1 Å². The van der Waals surface area contributed by atoms with Gasteiger partial charge in [-0.25, -0.2) is 4.39 Å². The molecule has 0 unspecified atom stereocenters. The van der Waals surface area contributed by atoms with Gasteiger partial charge in [-0.05, 0) is 18.2 Å². The van der Waals surface area contributed by atoms with E-state index in [1.54, 1.807) is 12.3 Å². The molecule has 0 radical (unpaired) electrons. The van der Waals surface area contributed by atoms with Crippen molar-refractivity contribution in [3.05, 3.63) is 54.5 Å². The van der Waals surface area contributed by atoms with E-state index in [-0.39, 0.29) is 5.82 Å². The zero-order chi connectivity index (χ0) is 12.1. The van der Waals surface area contributed by atoms with E-state index in [0.717, 1.165) is 27.2 Å². The number of aromatic nitrogens is 2. The number of aromatic amines is 1. The topological polar surface area (TPSA) is 28.7 Å². The van der Waals surface area contributed by atoms with Crippen molar-refractivity contribution in [1.29, 1.82) is 0 Å². The molecule has 2 aromatic heterocycles. The predicted octanol–water partition coefficient (Wildman–Crippen LogP) is 4.01. The van der Waals surface area contributed by atoms with Crippen molar-refractivity contribution >= 4 is 32.7 Å². The zero-order valence-corrected chi connectivity index (χ0v) is 9.44. The van der Waals surface area contributed by atoms with Crippen LogP contribution in [-0.2, 0) is 0 Å². The maximum absolute atomic E-state index is 13.2. The molecule has 0 amide bonds. The van der Waals surface area contributed by atoms with Crippen LogP contribution in [0.4, 0.5) is 4.39 Å². The summed E-state index contributed by atoms with van der Waals surface area (Å²) in [5.41, 5.74) is 2.77. The van der Waals surface area contributed by atoms with Crippen LogP contribution in [0.2, 0.25) is 0 Å². The molecule has 0 spiro atoms. The normalized spacial score (nSPS) is 11.6. The summed E-state index contributed by atoms with van der Waals surface area (Å²) >= 11 is 0. The quantitative estimate of drug-likeness (QED) is 0.491. The Hall–Kier alpha value is -2.42. The second-order valence-corrected chi connectivity index (χ2v) is 4.38. The Bertz CT molecular complexity index is 893. The number of fused-ring (bicyclic) bond motifs is 5. The molecule has 0 bridgehead atoms. The fraction of sp³-hybridized carbons (Fsp3) is 0. The van der Waals surface area contributed by atoms with Crippen molar-refractivity contribution in [2.24, 2.45) is 0 Å². The van der Waals surface area contributed by atoms with Crippen LogP contribution in [0.3, 0.4) is 0 Å². The van der Waals surface area contributed by atoms with Gasteiger partial charge >= 0.3 is 0 Å². The Morgan fingerprint density at radius 3 is 2.78 bits per heavy atom. The number of hydrogen-bond acceptors (Lipinski definition) is 1. The van der Waals surface area contributed by atoms with E-state index in [1.807, 2.05) is 18.2 Å². The molecule has 0 atom stereocenters. The fourth-order valence-electron chi connectivity index (χ4n) is 2.47. The number of H-pyrrole nitrogens is 1. The molecule has 0 saturated heterocycles. The second-order valence-electron chi connectivity index (χ2n) is 4.38. The smallest absolute Gasteiger partial charge is 0.125 e. The standard InChI is InChI=1S/C15H9FN2/c16-9-5-6-11-14(7-9)17-8-12-10-3-1-2-4-13(10)18-15(11)12/h1-8,18H. The minimum Gasteiger partial charge on any atom is -0.354 e. The van der Waals surface area contributed by atoms with Gasteiger partial charge in [0.25, 0.3) is 0 Å². The number of halogens is 1. The fourth-order valence-corrected chi connectivity index (χ4v) is 2.47. The van der Waals surface area contributed by atoms with Crippen LogP contribution in [0.25, 0.3) is 32.7 Å².